The van der Waals surface area contributed by atoms with Crippen LogP contribution in [0.2, 0.25) is 0 Å². The van der Waals surface area contributed by atoms with Crippen molar-refractivity contribution in [1.82, 2.24) is 0 Å². The number of benzene rings is 4. The van der Waals surface area contributed by atoms with E-state index in [1.54, 1.807) is 4.90 Å². The summed E-state index contributed by atoms with van der Waals surface area (Å²) in [7, 11) is 0. The van der Waals surface area contributed by atoms with Gasteiger partial charge in [0, 0.05) is 9.13 Å². The lowest BCUT2D eigenvalue weighted by Crippen LogP contribution is -2.28. The van der Waals surface area contributed by atoms with Gasteiger partial charge in [0.2, 0.25) is 0 Å². The number of hydrogen-bond donors (Lipinski definition) is 0. The number of aryl methyl sites for hydroxylation is 2. The molecule has 190 valence electrons. The van der Waals surface area contributed by atoms with Crippen molar-refractivity contribution in [2.24, 2.45) is 4.99 Å². The molecule has 1 saturated heterocycles. The highest BCUT2D eigenvalue weighted by Gasteiger charge is 2.35. The monoisotopic (exact) mass is 742 g/mol. The van der Waals surface area contributed by atoms with Crippen LogP contribution < -0.4 is 9.64 Å². The van der Waals surface area contributed by atoms with Gasteiger partial charge >= 0.3 is 0 Å². The summed E-state index contributed by atoms with van der Waals surface area (Å²) in [6, 6.07) is 30.0. The van der Waals surface area contributed by atoms with Gasteiger partial charge in [-0.1, -0.05) is 66.7 Å². The van der Waals surface area contributed by atoms with Crippen molar-refractivity contribution in [3.05, 3.63) is 125 Å². The highest BCUT2D eigenvalue weighted by Crippen LogP contribution is 2.40. The number of para-hydroxylation sites is 2. The van der Waals surface area contributed by atoms with Gasteiger partial charge in [0.05, 0.1) is 19.9 Å². The number of nitrogens with zero attached hydrogens (tertiary/aromatic N) is 2. The van der Waals surface area contributed by atoms with Crippen LogP contribution in [0.15, 0.2) is 101 Å². The second kappa shape index (κ2) is 12.0. The van der Waals surface area contributed by atoms with Gasteiger partial charge in [-0.15, -0.1) is 0 Å². The first kappa shape index (κ1) is 27.0. The molecule has 4 aromatic carbocycles. The molecule has 0 radical (unpaired) electrons. The van der Waals surface area contributed by atoms with E-state index in [-0.39, 0.29) is 5.91 Å². The van der Waals surface area contributed by atoms with Crippen molar-refractivity contribution < 1.29 is 9.53 Å². The average molecular weight is 742 g/mol. The lowest BCUT2D eigenvalue weighted by atomic mass is 10.1. The maximum absolute atomic E-state index is 13.9. The average Bonchev–Trinajstić information content (AvgIpc) is 3.21. The normalized spacial score (nSPS) is 15.5. The Bertz CT molecular complexity index is 1530. The lowest BCUT2D eigenvalue weighted by Gasteiger charge is -2.16. The van der Waals surface area contributed by atoms with Crippen molar-refractivity contribution in [3.8, 4) is 5.75 Å². The van der Waals surface area contributed by atoms with Gasteiger partial charge in [-0.3, -0.25) is 9.69 Å². The van der Waals surface area contributed by atoms with Crippen LogP contribution in [0.5, 0.6) is 5.75 Å². The molecule has 38 heavy (non-hydrogen) atoms. The molecule has 0 aromatic heterocycles. The third-order valence-corrected chi connectivity index (χ3v) is 8.41. The van der Waals surface area contributed by atoms with Crippen molar-refractivity contribution in [2.45, 2.75) is 20.5 Å². The minimum atomic E-state index is -0.103. The molecule has 1 amide bonds. The number of aliphatic imine (C=N–C) groups is 1. The summed E-state index contributed by atoms with van der Waals surface area (Å²) in [5.74, 6) is 0.663. The molecule has 7 heteroatoms. The van der Waals surface area contributed by atoms with Gasteiger partial charge in [0.25, 0.3) is 5.91 Å². The molecule has 1 aliphatic rings. The number of halogens is 2. The summed E-state index contributed by atoms with van der Waals surface area (Å²) in [5, 5.41) is 0.636. The van der Waals surface area contributed by atoms with E-state index in [2.05, 4.69) is 57.3 Å². The van der Waals surface area contributed by atoms with E-state index in [0.29, 0.717) is 16.7 Å². The van der Waals surface area contributed by atoms with E-state index in [1.807, 2.05) is 98.8 Å². The minimum Gasteiger partial charge on any atom is -0.487 e. The molecule has 1 aliphatic heterocycles. The first-order valence-electron chi connectivity index (χ1n) is 12.0. The van der Waals surface area contributed by atoms with Crippen molar-refractivity contribution in [1.29, 1.82) is 0 Å². The second-order valence-electron chi connectivity index (χ2n) is 8.80. The summed E-state index contributed by atoms with van der Waals surface area (Å²) >= 11 is 6.00. The number of anilines is 1. The smallest absolute Gasteiger partial charge is 0.271 e. The molecule has 1 heterocycles. The maximum Gasteiger partial charge on any atom is 0.271 e. The van der Waals surface area contributed by atoms with Crippen LogP contribution in [0, 0.1) is 21.0 Å². The Morgan fingerprint density at radius 1 is 0.895 bits per heavy atom. The Labute approximate surface area is 254 Å². The maximum atomic E-state index is 13.9. The number of hydrogen-bond acceptors (Lipinski definition) is 4. The van der Waals surface area contributed by atoms with Gasteiger partial charge in [-0.05, 0) is 118 Å². The molecule has 0 unspecified atom stereocenters. The third-order valence-electron chi connectivity index (χ3n) is 6.02. The van der Waals surface area contributed by atoms with Gasteiger partial charge in [0.1, 0.15) is 12.4 Å². The Balaban J connectivity index is 1.57. The Kier molecular flexibility index (Phi) is 8.54. The van der Waals surface area contributed by atoms with E-state index < -0.39 is 0 Å². The minimum absolute atomic E-state index is 0.103. The fraction of sp³-hybridized carbons (Fsp3) is 0.0968. The van der Waals surface area contributed by atoms with Crippen LogP contribution in [0.25, 0.3) is 6.08 Å². The van der Waals surface area contributed by atoms with Gasteiger partial charge < -0.3 is 4.74 Å². The number of amidine groups is 1. The molecule has 0 N–H and O–H groups in total. The predicted octanol–water partition coefficient (Wildman–Crippen LogP) is 8.90. The van der Waals surface area contributed by atoms with E-state index in [4.69, 9.17) is 9.73 Å². The predicted molar refractivity (Wildman–Crippen MR) is 175 cm³/mol. The number of ether oxygens (including phenoxy) is 1. The summed E-state index contributed by atoms with van der Waals surface area (Å²) < 4.78 is 8.37. The number of thioether (sulfide) groups is 1. The van der Waals surface area contributed by atoms with Crippen LogP contribution in [0.3, 0.4) is 0 Å². The van der Waals surface area contributed by atoms with Gasteiger partial charge in [0.15, 0.2) is 5.17 Å². The van der Waals surface area contributed by atoms with Gasteiger partial charge in [-0.25, -0.2) is 4.99 Å². The van der Waals surface area contributed by atoms with E-state index in [9.17, 15) is 4.79 Å². The van der Waals surface area contributed by atoms with Crippen molar-refractivity contribution >= 4 is 85.5 Å². The quantitative estimate of drug-likeness (QED) is 0.147. The summed E-state index contributed by atoms with van der Waals surface area (Å²) in [6.45, 7) is 4.54. The summed E-state index contributed by atoms with van der Waals surface area (Å²) in [6.07, 6.45) is 1.93. The Hall–Kier alpha value is -2.63. The molecule has 0 bridgehead atoms. The second-order valence-corrected chi connectivity index (χ2v) is 12.2. The molecular weight excluding hydrogens is 718 g/mol. The van der Waals surface area contributed by atoms with Crippen LogP contribution in [-0.4, -0.2) is 11.1 Å². The Morgan fingerprint density at radius 3 is 2.24 bits per heavy atom. The highest BCUT2D eigenvalue weighted by atomic mass is 127. The van der Waals surface area contributed by atoms with Crippen LogP contribution >= 0.6 is 56.9 Å². The first-order valence-corrected chi connectivity index (χ1v) is 15.0. The standard InChI is InChI=1S/C31H24I2N2O2S/c1-20-10-9-11-21(2)28(20)34-31-35(25-14-7-4-8-15-25)30(36)27(38-31)17-23-16-24(32)18-26(33)29(23)37-19-22-12-5-3-6-13-22/h3-18H,19H2,1-2H3/b27-17-,34-31?. The molecule has 0 saturated carbocycles. The third kappa shape index (κ3) is 6.00. The summed E-state index contributed by atoms with van der Waals surface area (Å²) in [5.41, 5.74) is 5.77. The molecule has 0 spiro atoms. The highest BCUT2D eigenvalue weighted by molar-refractivity contribution is 14.1. The molecule has 4 aromatic rings. The number of carbonyl (C=O) groups excluding carboxylic acids is 1. The van der Waals surface area contributed by atoms with Crippen molar-refractivity contribution in [3.63, 3.8) is 0 Å². The Morgan fingerprint density at radius 2 is 1.55 bits per heavy atom. The van der Waals surface area contributed by atoms with Crippen LogP contribution in [-0.2, 0) is 11.4 Å². The molecule has 1 fully saturated rings. The fourth-order valence-corrected chi connectivity index (χ4v) is 7.16. The zero-order valence-corrected chi connectivity index (χ0v) is 26.0. The largest absolute Gasteiger partial charge is 0.487 e. The van der Waals surface area contributed by atoms with Crippen molar-refractivity contribution in [2.75, 3.05) is 4.90 Å². The summed E-state index contributed by atoms with van der Waals surface area (Å²) in [4.78, 5) is 21.2. The van der Waals surface area contributed by atoms with Crippen LogP contribution in [0.1, 0.15) is 22.3 Å². The fourth-order valence-electron chi connectivity index (χ4n) is 4.14. The zero-order valence-electron chi connectivity index (χ0n) is 20.8. The number of rotatable bonds is 6. The molecule has 0 atom stereocenters. The number of carbonyl (C=O) groups is 1. The molecular formula is C31H24I2N2O2S. The van der Waals surface area contributed by atoms with E-state index >= 15 is 0 Å². The van der Waals surface area contributed by atoms with E-state index in [0.717, 1.165) is 46.5 Å². The topological polar surface area (TPSA) is 41.9 Å². The lowest BCUT2D eigenvalue weighted by molar-refractivity contribution is -0.113. The number of amides is 1. The first-order chi connectivity index (χ1) is 18.4. The SMILES string of the molecule is Cc1cccc(C)c1N=C1S/C(=C\c2cc(I)cc(I)c2OCc2ccccc2)C(=O)N1c1ccccc1. The van der Waals surface area contributed by atoms with Crippen LogP contribution in [0.4, 0.5) is 11.4 Å². The van der Waals surface area contributed by atoms with E-state index in [1.165, 1.54) is 11.8 Å². The molecule has 0 aliphatic carbocycles. The van der Waals surface area contributed by atoms with Gasteiger partial charge in [-0.2, -0.15) is 0 Å². The zero-order chi connectivity index (χ0) is 26.6. The molecule has 5 rings (SSSR count). The molecule has 4 nitrogen and oxygen atoms in total.